The van der Waals surface area contributed by atoms with E-state index in [4.69, 9.17) is 5.11 Å². The largest absolute Gasteiger partial charge is 0.480 e. The van der Waals surface area contributed by atoms with Gasteiger partial charge in [-0.25, -0.2) is 9.78 Å². The standard InChI is InChI=1S/C11H17N3O3S/c1-7(15)12-10(11(16)17)5-14(3)4-9-6-18-8(2)13-9/h6,10H,4-5H2,1-3H3,(H,12,15)(H,16,17). The van der Waals surface area contributed by atoms with Gasteiger partial charge in [0, 0.05) is 25.4 Å². The number of hydrogen-bond acceptors (Lipinski definition) is 5. The second kappa shape index (κ2) is 6.46. The number of carboxylic acid groups (broad SMARTS) is 1. The van der Waals surface area contributed by atoms with Gasteiger partial charge in [-0.1, -0.05) is 0 Å². The van der Waals surface area contributed by atoms with Gasteiger partial charge >= 0.3 is 5.97 Å². The molecule has 0 aliphatic carbocycles. The lowest BCUT2D eigenvalue weighted by Crippen LogP contribution is -2.46. The molecule has 0 radical (unpaired) electrons. The summed E-state index contributed by atoms with van der Waals surface area (Å²) in [5.74, 6) is -1.38. The third-order valence-corrected chi connectivity index (χ3v) is 3.09. The van der Waals surface area contributed by atoms with Gasteiger partial charge < -0.3 is 10.4 Å². The third kappa shape index (κ3) is 4.80. The van der Waals surface area contributed by atoms with Crippen molar-refractivity contribution in [3.8, 4) is 0 Å². The highest BCUT2D eigenvalue weighted by molar-refractivity contribution is 7.09. The average Bonchev–Trinajstić information content (AvgIpc) is 2.62. The fourth-order valence-electron chi connectivity index (χ4n) is 1.56. The Morgan fingerprint density at radius 3 is 2.72 bits per heavy atom. The summed E-state index contributed by atoms with van der Waals surface area (Å²) in [4.78, 5) is 28.0. The first kappa shape index (κ1) is 14.6. The highest BCUT2D eigenvalue weighted by Crippen LogP contribution is 2.09. The van der Waals surface area contributed by atoms with Gasteiger partial charge in [0.15, 0.2) is 0 Å². The van der Waals surface area contributed by atoms with Gasteiger partial charge in [-0.15, -0.1) is 11.3 Å². The van der Waals surface area contributed by atoms with Crippen LogP contribution in [0.4, 0.5) is 0 Å². The number of nitrogens with zero attached hydrogens (tertiary/aromatic N) is 2. The van der Waals surface area contributed by atoms with E-state index in [0.717, 1.165) is 10.7 Å². The van der Waals surface area contributed by atoms with Gasteiger partial charge in [0.25, 0.3) is 0 Å². The van der Waals surface area contributed by atoms with Gasteiger partial charge in [0.05, 0.1) is 10.7 Å². The molecule has 1 unspecified atom stereocenters. The number of likely N-dealkylation sites (N-methyl/N-ethyl adjacent to an activating group) is 1. The summed E-state index contributed by atoms with van der Waals surface area (Å²) in [6.07, 6.45) is 0. The van der Waals surface area contributed by atoms with Gasteiger partial charge in [-0.3, -0.25) is 9.69 Å². The zero-order valence-corrected chi connectivity index (χ0v) is 11.5. The number of carbonyl (C=O) groups excluding carboxylic acids is 1. The molecular formula is C11H17N3O3S. The van der Waals surface area contributed by atoms with Crippen LogP contribution in [0, 0.1) is 6.92 Å². The predicted molar refractivity (Wildman–Crippen MR) is 68.4 cm³/mol. The number of thiazole rings is 1. The molecule has 0 aliphatic rings. The minimum absolute atomic E-state index is 0.242. The highest BCUT2D eigenvalue weighted by atomic mass is 32.1. The number of aliphatic carboxylic acids is 1. The molecule has 0 bridgehead atoms. The molecule has 7 heteroatoms. The number of carbonyl (C=O) groups is 2. The van der Waals surface area contributed by atoms with Crippen LogP contribution in [0.5, 0.6) is 0 Å². The van der Waals surface area contributed by atoms with E-state index in [9.17, 15) is 9.59 Å². The zero-order valence-electron chi connectivity index (χ0n) is 10.6. The lowest BCUT2D eigenvalue weighted by molar-refractivity contribution is -0.142. The molecule has 0 saturated carbocycles. The van der Waals surface area contributed by atoms with Crippen LogP contribution >= 0.6 is 11.3 Å². The average molecular weight is 271 g/mol. The van der Waals surface area contributed by atoms with Crippen LogP contribution in [-0.4, -0.2) is 46.5 Å². The number of amides is 1. The number of aryl methyl sites for hydroxylation is 1. The molecule has 0 aliphatic heterocycles. The third-order valence-electron chi connectivity index (χ3n) is 2.27. The van der Waals surface area contributed by atoms with E-state index in [1.165, 1.54) is 6.92 Å². The van der Waals surface area contributed by atoms with Crippen LogP contribution in [0.25, 0.3) is 0 Å². The molecule has 1 heterocycles. The van der Waals surface area contributed by atoms with Crippen LogP contribution in [0.3, 0.4) is 0 Å². The fraction of sp³-hybridized carbons (Fsp3) is 0.545. The first-order valence-electron chi connectivity index (χ1n) is 5.48. The molecule has 1 rings (SSSR count). The summed E-state index contributed by atoms with van der Waals surface area (Å²) in [6, 6.07) is -0.896. The van der Waals surface area contributed by atoms with Crippen LogP contribution < -0.4 is 5.32 Å². The van der Waals surface area contributed by atoms with Crippen molar-refractivity contribution in [3.63, 3.8) is 0 Å². The molecule has 0 saturated heterocycles. The van der Waals surface area contributed by atoms with Crippen molar-refractivity contribution >= 4 is 23.2 Å². The lowest BCUT2D eigenvalue weighted by Gasteiger charge is -2.20. The molecule has 0 spiro atoms. The number of nitrogens with one attached hydrogen (secondary N) is 1. The van der Waals surface area contributed by atoms with E-state index >= 15 is 0 Å². The van der Waals surface area contributed by atoms with Crippen LogP contribution in [0.15, 0.2) is 5.38 Å². The number of hydrogen-bond donors (Lipinski definition) is 2. The maximum Gasteiger partial charge on any atom is 0.327 e. The summed E-state index contributed by atoms with van der Waals surface area (Å²) < 4.78 is 0. The predicted octanol–water partition coefficient (Wildman–Crippen LogP) is 0.473. The number of aromatic nitrogens is 1. The smallest absolute Gasteiger partial charge is 0.327 e. The van der Waals surface area contributed by atoms with Crippen molar-refractivity contribution in [1.29, 1.82) is 0 Å². The second-order valence-corrected chi connectivity index (χ2v) is 5.21. The second-order valence-electron chi connectivity index (χ2n) is 4.15. The van der Waals surface area contributed by atoms with Crippen molar-refractivity contribution in [2.24, 2.45) is 0 Å². The molecule has 18 heavy (non-hydrogen) atoms. The van der Waals surface area contributed by atoms with E-state index < -0.39 is 12.0 Å². The maximum atomic E-state index is 11.0. The Morgan fingerprint density at radius 2 is 2.28 bits per heavy atom. The minimum atomic E-state index is -1.04. The molecular weight excluding hydrogens is 254 g/mol. The normalized spacial score (nSPS) is 12.4. The lowest BCUT2D eigenvalue weighted by atomic mass is 10.2. The Bertz CT molecular complexity index is 433. The van der Waals surface area contributed by atoms with E-state index in [-0.39, 0.29) is 12.5 Å². The van der Waals surface area contributed by atoms with Crippen LogP contribution in [0.1, 0.15) is 17.6 Å². The molecule has 1 atom stereocenters. The molecule has 0 aromatic carbocycles. The molecule has 100 valence electrons. The fourth-order valence-corrected chi connectivity index (χ4v) is 2.17. The van der Waals surface area contributed by atoms with E-state index in [2.05, 4.69) is 10.3 Å². The monoisotopic (exact) mass is 271 g/mol. The summed E-state index contributed by atoms with van der Waals surface area (Å²) in [5, 5.41) is 14.3. The first-order valence-corrected chi connectivity index (χ1v) is 6.36. The quantitative estimate of drug-likeness (QED) is 0.786. The van der Waals surface area contributed by atoms with E-state index in [1.807, 2.05) is 17.2 Å². The van der Waals surface area contributed by atoms with Crippen molar-refractivity contribution < 1.29 is 14.7 Å². The van der Waals surface area contributed by atoms with Crippen molar-refractivity contribution in [3.05, 3.63) is 16.1 Å². The summed E-state index contributed by atoms with van der Waals surface area (Å²) >= 11 is 1.56. The molecule has 1 aromatic heterocycles. The van der Waals surface area contributed by atoms with Crippen molar-refractivity contribution in [1.82, 2.24) is 15.2 Å². The maximum absolute atomic E-state index is 11.0. The molecule has 1 aromatic rings. The van der Waals surface area contributed by atoms with Gasteiger partial charge in [0.1, 0.15) is 6.04 Å². The number of rotatable bonds is 6. The SMILES string of the molecule is CC(=O)NC(CN(C)Cc1csc(C)n1)C(=O)O. The van der Waals surface area contributed by atoms with Crippen molar-refractivity contribution in [2.45, 2.75) is 26.4 Å². The van der Waals surface area contributed by atoms with Gasteiger partial charge in [-0.05, 0) is 14.0 Å². The molecule has 0 fully saturated rings. The summed E-state index contributed by atoms with van der Waals surface area (Å²) in [7, 11) is 1.80. The van der Waals surface area contributed by atoms with Gasteiger partial charge in [0.2, 0.25) is 5.91 Å². The summed E-state index contributed by atoms with van der Waals surface area (Å²) in [5.41, 5.74) is 0.909. The molecule has 6 nitrogen and oxygen atoms in total. The summed E-state index contributed by atoms with van der Waals surface area (Å²) in [6.45, 7) is 4.03. The Balaban J connectivity index is 2.53. The Kier molecular flexibility index (Phi) is 5.24. The van der Waals surface area contributed by atoms with Crippen LogP contribution in [-0.2, 0) is 16.1 Å². The highest BCUT2D eigenvalue weighted by Gasteiger charge is 2.20. The van der Waals surface area contributed by atoms with Crippen molar-refractivity contribution in [2.75, 3.05) is 13.6 Å². The zero-order chi connectivity index (χ0) is 13.7. The van der Waals surface area contributed by atoms with Gasteiger partial charge in [-0.2, -0.15) is 0 Å². The topological polar surface area (TPSA) is 82.5 Å². The van der Waals surface area contributed by atoms with E-state index in [0.29, 0.717) is 6.54 Å². The number of carboxylic acids is 1. The minimum Gasteiger partial charge on any atom is -0.480 e. The molecule has 2 N–H and O–H groups in total. The molecule has 1 amide bonds. The Labute approximate surface area is 110 Å². The first-order chi connectivity index (χ1) is 8.38. The van der Waals surface area contributed by atoms with E-state index in [1.54, 1.807) is 18.4 Å². The Morgan fingerprint density at radius 1 is 1.61 bits per heavy atom. The Hall–Kier alpha value is -1.47. The van der Waals surface area contributed by atoms with Crippen LogP contribution in [0.2, 0.25) is 0 Å².